The molecule has 0 aliphatic carbocycles. The standard InChI is InChI=1S/C9H17F3N2O/c1-6-4-14(5-7(2)15-6)8(3-13)9(10,11)12/h6-8H,3-5,13H2,1-2H3. The van der Waals surface area contributed by atoms with Crippen molar-refractivity contribution in [3.63, 3.8) is 0 Å². The predicted molar refractivity (Wildman–Crippen MR) is 50.5 cm³/mol. The number of hydrogen-bond donors (Lipinski definition) is 1. The SMILES string of the molecule is CC1CN(C(CN)C(F)(F)F)CC(C)O1. The smallest absolute Gasteiger partial charge is 0.373 e. The van der Waals surface area contributed by atoms with Crippen LogP contribution in [0.5, 0.6) is 0 Å². The molecule has 3 nitrogen and oxygen atoms in total. The van der Waals surface area contributed by atoms with E-state index in [2.05, 4.69) is 0 Å². The van der Waals surface area contributed by atoms with E-state index in [1.54, 1.807) is 13.8 Å². The molecule has 0 aromatic carbocycles. The first-order valence-electron chi connectivity index (χ1n) is 5.01. The van der Waals surface area contributed by atoms with Crippen LogP contribution in [-0.2, 0) is 4.74 Å². The van der Waals surface area contributed by atoms with Crippen molar-refractivity contribution in [2.45, 2.75) is 38.3 Å². The van der Waals surface area contributed by atoms with Gasteiger partial charge in [-0.25, -0.2) is 0 Å². The highest BCUT2D eigenvalue weighted by Crippen LogP contribution is 2.26. The lowest BCUT2D eigenvalue weighted by molar-refractivity contribution is -0.199. The van der Waals surface area contributed by atoms with E-state index in [-0.39, 0.29) is 25.3 Å². The Kier molecular flexibility index (Phi) is 3.97. The van der Waals surface area contributed by atoms with Gasteiger partial charge in [-0.15, -0.1) is 0 Å². The molecule has 2 N–H and O–H groups in total. The zero-order valence-electron chi connectivity index (χ0n) is 8.92. The van der Waals surface area contributed by atoms with Crippen molar-refractivity contribution in [1.29, 1.82) is 0 Å². The van der Waals surface area contributed by atoms with Crippen LogP contribution in [0, 0.1) is 0 Å². The molecule has 0 bridgehead atoms. The Labute approximate surface area is 87.4 Å². The summed E-state index contributed by atoms with van der Waals surface area (Å²) in [7, 11) is 0. The molecular formula is C9H17F3N2O. The summed E-state index contributed by atoms with van der Waals surface area (Å²) in [5.41, 5.74) is 5.18. The second kappa shape index (κ2) is 4.67. The van der Waals surface area contributed by atoms with E-state index >= 15 is 0 Å². The van der Waals surface area contributed by atoms with Crippen LogP contribution in [0.3, 0.4) is 0 Å². The molecule has 1 heterocycles. The summed E-state index contributed by atoms with van der Waals surface area (Å²) in [5.74, 6) is 0. The Hall–Kier alpha value is -0.330. The van der Waals surface area contributed by atoms with Gasteiger partial charge in [0, 0.05) is 19.6 Å². The van der Waals surface area contributed by atoms with Gasteiger partial charge in [-0.05, 0) is 13.8 Å². The molecule has 3 atom stereocenters. The molecule has 1 fully saturated rings. The number of hydrogen-bond acceptors (Lipinski definition) is 3. The molecule has 0 radical (unpaired) electrons. The van der Waals surface area contributed by atoms with Crippen LogP contribution in [0.25, 0.3) is 0 Å². The van der Waals surface area contributed by atoms with Crippen molar-refractivity contribution < 1.29 is 17.9 Å². The number of morpholine rings is 1. The molecule has 0 spiro atoms. The van der Waals surface area contributed by atoms with E-state index in [1.807, 2.05) is 0 Å². The summed E-state index contributed by atoms with van der Waals surface area (Å²) in [5, 5.41) is 0. The van der Waals surface area contributed by atoms with Crippen LogP contribution >= 0.6 is 0 Å². The quantitative estimate of drug-likeness (QED) is 0.763. The van der Waals surface area contributed by atoms with Crippen LogP contribution in [-0.4, -0.2) is 49.0 Å². The second-order valence-electron chi connectivity index (χ2n) is 4.00. The van der Waals surface area contributed by atoms with Crippen molar-refractivity contribution in [3.8, 4) is 0 Å². The normalized spacial score (nSPS) is 31.6. The molecule has 0 aromatic rings. The van der Waals surface area contributed by atoms with E-state index in [9.17, 15) is 13.2 Å². The van der Waals surface area contributed by atoms with E-state index in [0.29, 0.717) is 0 Å². The monoisotopic (exact) mass is 226 g/mol. The fraction of sp³-hybridized carbons (Fsp3) is 1.00. The van der Waals surface area contributed by atoms with E-state index in [4.69, 9.17) is 10.5 Å². The van der Waals surface area contributed by atoms with Gasteiger partial charge in [0.25, 0.3) is 0 Å². The zero-order valence-corrected chi connectivity index (χ0v) is 8.92. The van der Waals surface area contributed by atoms with Gasteiger partial charge >= 0.3 is 6.18 Å². The first kappa shape index (κ1) is 12.7. The van der Waals surface area contributed by atoms with Gasteiger partial charge < -0.3 is 10.5 Å². The minimum absolute atomic E-state index is 0.176. The number of rotatable bonds is 2. The number of halogens is 3. The van der Waals surface area contributed by atoms with Crippen LogP contribution in [0.4, 0.5) is 13.2 Å². The largest absolute Gasteiger partial charge is 0.405 e. The molecule has 3 unspecified atom stereocenters. The Bertz CT molecular complexity index is 200. The molecular weight excluding hydrogens is 209 g/mol. The first-order valence-corrected chi connectivity index (χ1v) is 5.01. The molecule has 90 valence electrons. The summed E-state index contributed by atoms with van der Waals surface area (Å²) in [6.45, 7) is 3.71. The molecule has 1 aliphatic rings. The molecule has 0 saturated carbocycles. The van der Waals surface area contributed by atoms with Gasteiger partial charge in [0.15, 0.2) is 0 Å². The summed E-state index contributed by atoms with van der Waals surface area (Å²) in [4.78, 5) is 1.36. The van der Waals surface area contributed by atoms with Crippen molar-refractivity contribution >= 4 is 0 Å². The Balaban J connectivity index is 2.68. The Morgan fingerprint density at radius 2 is 1.80 bits per heavy atom. The number of alkyl halides is 3. The maximum atomic E-state index is 12.6. The molecule has 0 aromatic heterocycles. The van der Waals surface area contributed by atoms with E-state index < -0.39 is 18.8 Å². The summed E-state index contributed by atoms with van der Waals surface area (Å²) < 4.78 is 43.2. The van der Waals surface area contributed by atoms with Gasteiger partial charge in [-0.2, -0.15) is 13.2 Å². The van der Waals surface area contributed by atoms with Gasteiger partial charge in [0.1, 0.15) is 6.04 Å². The van der Waals surface area contributed by atoms with Crippen LogP contribution in [0.1, 0.15) is 13.8 Å². The topological polar surface area (TPSA) is 38.5 Å². The Morgan fingerprint density at radius 1 is 1.33 bits per heavy atom. The van der Waals surface area contributed by atoms with E-state index in [0.717, 1.165) is 0 Å². The third kappa shape index (κ3) is 3.32. The zero-order chi connectivity index (χ0) is 11.6. The van der Waals surface area contributed by atoms with Crippen molar-refractivity contribution in [1.82, 2.24) is 4.90 Å². The Morgan fingerprint density at radius 3 is 2.13 bits per heavy atom. The molecule has 6 heteroatoms. The van der Waals surface area contributed by atoms with Gasteiger partial charge in [-0.1, -0.05) is 0 Å². The number of ether oxygens (including phenoxy) is 1. The molecule has 1 rings (SSSR count). The predicted octanol–water partition coefficient (Wildman–Crippen LogP) is 0.985. The van der Waals surface area contributed by atoms with Crippen molar-refractivity contribution in [2.75, 3.05) is 19.6 Å². The fourth-order valence-corrected chi connectivity index (χ4v) is 1.96. The van der Waals surface area contributed by atoms with Gasteiger partial charge in [0.05, 0.1) is 12.2 Å². The highest BCUT2D eigenvalue weighted by atomic mass is 19.4. The van der Waals surface area contributed by atoms with Crippen LogP contribution in [0.15, 0.2) is 0 Å². The summed E-state index contributed by atoms with van der Waals surface area (Å²) in [6, 6.07) is -1.55. The second-order valence-corrected chi connectivity index (χ2v) is 4.00. The average Bonchev–Trinajstić information content (AvgIpc) is 1.99. The van der Waals surface area contributed by atoms with Gasteiger partial charge in [0.2, 0.25) is 0 Å². The third-order valence-corrected chi connectivity index (χ3v) is 2.49. The number of nitrogens with two attached hydrogens (primary N) is 1. The summed E-state index contributed by atoms with van der Waals surface area (Å²) >= 11 is 0. The average molecular weight is 226 g/mol. The lowest BCUT2D eigenvalue weighted by atomic mass is 10.1. The fourth-order valence-electron chi connectivity index (χ4n) is 1.96. The van der Waals surface area contributed by atoms with Crippen LogP contribution < -0.4 is 5.73 Å². The first-order chi connectivity index (χ1) is 6.84. The van der Waals surface area contributed by atoms with E-state index in [1.165, 1.54) is 4.90 Å². The highest BCUT2D eigenvalue weighted by Gasteiger charge is 2.44. The lowest BCUT2D eigenvalue weighted by Gasteiger charge is -2.40. The lowest BCUT2D eigenvalue weighted by Crippen LogP contribution is -2.57. The summed E-state index contributed by atoms with van der Waals surface area (Å²) in [6.07, 6.45) is -4.61. The molecule has 15 heavy (non-hydrogen) atoms. The highest BCUT2D eigenvalue weighted by molar-refractivity contribution is 4.84. The third-order valence-electron chi connectivity index (χ3n) is 2.49. The molecule has 0 amide bonds. The number of nitrogens with zero attached hydrogens (tertiary/aromatic N) is 1. The maximum Gasteiger partial charge on any atom is 0.405 e. The minimum Gasteiger partial charge on any atom is -0.373 e. The van der Waals surface area contributed by atoms with Crippen LogP contribution in [0.2, 0.25) is 0 Å². The minimum atomic E-state index is -4.26. The van der Waals surface area contributed by atoms with Gasteiger partial charge in [-0.3, -0.25) is 4.90 Å². The molecule has 1 aliphatic heterocycles. The van der Waals surface area contributed by atoms with Crippen molar-refractivity contribution in [3.05, 3.63) is 0 Å². The van der Waals surface area contributed by atoms with Crippen molar-refractivity contribution in [2.24, 2.45) is 5.73 Å². The maximum absolute atomic E-state index is 12.6. The molecule has 1 saturated heterocycles.